The van der Waals surface area contributed by atoms with Crippen LogP contribution in [0.15, 0.2) is 109 Å². The van der Waals surface area contributed by atoms with Gasteiger partial charge in [-0.1, -0.05) is 86.2 Å². The quantitative estimate of drug-likeness (QED) is 0.164. The second-order valence-corrected chi connectivity index (χ2v) is 13.9. The molecule has 9 nitrogen and oxygen atoms in total. The van der Waals surface area contributed by atoms with E-state index in [1.54, 1.807) is 6.07 Å². The van der Waals surface area contributed by atoms with Crippen molar-refractivity contribution in [2.45, 2.75) is 26.2 Å². The van der Waals surface area contributed by atoms with Gasteiger partial charge in [0.15, 0.2) is 11.4 Å². The van der Waals surface area contributed by atoms with Crippen LogP contribution in [-0.4, -0.2) is 24.2 Å². The van der Waals surface area contributed by atoms with E-state index in [1.165, 1.54) is 17.7 Å². The molecular formula is C44H27N9Pt. The van der Waals surface area contributed by atoms with Crippen molar-refractivity contribution in [2.24, 2.45) is 0 Å². The Morgan fingerprint density at radius 1 is 0.778 bits per heavy atom. The van der Waals surface area contributed by atoms with Crippen LogP contribution in [0, 0.1) is 30.5 Å². The third-order valence-corrected chi connectivity index (χ3v) is 9.70. The zero-order chi connectivity index (χ0) is 36.4. The van der Waals surface area contributed by atoms with Crippen LogP contribution in [0.5, 0.6) is 0 Å². The van der Waals surface area contributed by atoms with Crippen molar-refractivity contribution in [3.8, 4) is 40.2 Å². The summed E-state index contributed by atoms with van der Waals surface area (Å²) in [6.07, 6.45) is 1.88. The third kappa shape index (κ3) is 5.36. The normalized spacial score (nSPS) is 11.4. The second kappa shape index (κ2) is 13.0. The fraction of sp³-hybridized carbons (Fsp3) is 0.0909. The van der Waals surface area contributed by atoms with Gasteiger partial charge in [0.25, 0.3) is 0 Å². The summed E-state index contributed by atoms with van der Waals surface area (Å²) < 4.78 is 4.31. The molecule has 9 aromatic rings. The number of hydrogen-bond donors (Lipinski definition) is 0. The van der Waals surface area contributed by atoms with Gasteiger partial charge >= 0.3 is 21.1 Å². The van der Waals surface area contributed by atoms with Gasteiger partial charge in [0.05, 0.1) is 30.4 Å². The molecule has 0 fully saturated rings. The standard InChI is InChI=1S/C44H27N9.Pt/c1-44(2,3)27-18-19-48-41(21-27)53-39-13-9-6-10-30(39)32-15-14-29(23-40(32)53)52-38-12-8-7-11-31(38)33-16-17-34(49-43(33)52)35-24-37(51-50-35)42-26(25-45)20-28(46-4)22-36(42)47-5;/h6-22,24H,1-3H3;/q-2;+2. The van der Waals surface area contributed by atoms with Gasteiger partial charge in [-0.2, -0.15) is 11.3 Å². The van der Waals surface area contributed by atoms with Crippen LogP contribution in [0.25, 0.3) is 87.6 Å². The Labute approximate surface area is 325 Å². The molecule has 0 saturated heterocycles. The van der Waals surface area contributed by atoms with Crippen molar-refractivity contribution in [2.75, 3.05) is 0 Å². The van der Waals surface area contributed by atoms with E-state index in [0.29, 0.717) is 22.6 Å². The fourth-order valence-corrected chi connectivity index (χ4v) is 7.15. The first-order chi connectivity index (χ1) is 25.8. The first kappa shape index (κ1) is 34.2. The zero-order valence-electron chi connectivity index (χ0n) is 29.2. The molecule has 0 saturated carbocycles. The summed E-state index contributed by atoms with van der Waals surface area (Å²) >= 11 is 0. The molecule has 0 aliphatic rings. The molecule has 0 aliphatic carbocycles. The third-order valence-electron chi connectivity index (χ3n) is 9.70. The van der Waals surface area contributed by atoms with E-state index in [4.69, 9.17) is 23.1 Å². The average molecular weight is 877 g/mol. The molecule has 0 aliphatic heterocycles. The van der Waals surface area contributed by atoms with Crippen molar-refractivity contribution in [3.63, 3.8) is 0 Å². The molecule has 4 aromatic carbocycles. The minimum atomic E-state index is -0.0508. The zero-order valence-corrected chi connectivity index (χ0v) is 31.5. The number of nitrogens with zero attached hydrogens (tertiary/aromatic N) is 9. The molecular weight excluding hydrogens is 850 g/mol. The molecule has 0 radical (unpaired) electrons. The second-order valence-electron chi connectivity index (χ2n) is 13.9. The largest absolute Gasteiger partial charge is 2.00 e. The van der Waals surface area contributed by atoms with Crippen molar-refractivity contribution in [3.05, 3.63) is 149 Å². The van der Waals surface area contributed by atoms with Gasteiger partial charge < -0.3 is 19.3 Å². The summed E-state index contributed by atoms with van der Waals surface area (Å²) in [6, 6.07) is 39.6. The first-order valence-electron chi connectivity index (χ1n) is 16.9. The van der Waals surface area contributed by atoms with Gasteiger partial charge in [-0.25, -0.2) is 19.7 Å². The van der Waals surface area contributed by atoms with Gasteiger partial charge in [0, 0.05) is 39.3 Å². The summed E-state index contributed by atoms with van der Waals surface area (Å²) in [7, 11) is 0. The fourth-order valence-electron chi connectivity index (χ4n) is 7.15. The van der Waals surface area contributed by atoms with E-state index in [1.807, 2.05) is 30.5 Å². The SMILES string of the molecule is [C-]#[N+]c1cc(C#N)c(-c2cc(-c3ccc4c5ccccc5n(-c5[c-]c6c(cc5)c5ccccc5n6-c5cc(C(C)(C)C)ccn5)c4n3)[n-]n2)c([N+]#[C-])c1.[Pt+2]. The Hall–Kier alpha value is -6.85. The van der Waals surface area contributed by atoms with Crippen LogP contribution in [0.1, 0.15) is 31.9 Å². The van der Waals surface area contributed by atoms with Crippen LogP contribution in [0.2, 0.25) is 0 Å². The molecule has 0 unspecified atom stereocenters. The number of aromatic nitrogens is 6. The Morgan fingerprint density at radius 3 is 2.22 bits per heavy atom. The van der Waals surface area contributed by atoms with E-state index in [0.717, 1.165) is 55.2 Å². The van der Waals surface area contributed by atoms with E-state index in [2.05, 4.69) is 123 Å². The number of pyridine rings is 2. The molecule has 0 atom stereocenters. The van der Waals surface area contributed by atoms with E-state index < -0.39 is 0 Å². The molecule has 258 valence electrons. The van der Waals surface area contributed by atoms with Crippen molar-refractivity contribution in [1.29, 1.82) is 5.26 Å². The summed E-state index contributed by atoms with van der Waals surface area (Å²) in [5.41, 5.74) is 8.02. The number of benzene rings is 4. The van der Waals surface area contributed by atoms with Crippen LogP contribution >= 0.6 is 0 Å². The Kier molecular flexibility index (Phi) is 8.23. The molecule has 0 N–H and O–H groups in total. The number of para-hydroxylation sites is 2. The maximum atomic E-state index is 9.88. The Balaban J connectivity index is 0.00000413. The minimum Gasteiger partial charge on any atom is -0.573 e. The van der Waals surface area contributed by atoms with Crippen molar-refractivity contribution in [1.82, 2.24) is 29.3 Å². The molecule has 0 spiro atoms. The van der Waals surface area contributed by atoms with Crippen molar-refractivity contribution >= 4 is 55.1 Å². The molecule has 5 heterocycles. The van der Waals surface area contributed by atoms with E-state index in [-0.39, 0.29) is 43.4 Å². The predicted octanol–water partition coefficient (Wildman–Crippen LogP) is 10.4. The smallest absolute Gasteiger partial charge is 0.573 e. The minimum absolute atomic E-state index is 0. The Bertz CT molecular complexity index is 3060. The summed E-state index contributed by atoms with van der Waals surface area (Å²) in [6.45, 7) is 21.7. The van der Waals surface area contributed by atoms with Gasteiger partial charge in [0.1, 0.15) is 11.5 Å². The summed E-state index contributed by atoms with van der Waals surface area (Å²) in [5.74, 6) is 0.829. The number of nitriles is 1. The molecule has 54 heavy (non-hydrogen) atoms. The summed E-state index contributed by atoms with van der Waals surface area (Å²) in [4.78, 5) is 17.0. The van der Waals surface area contributed by atoms with E-state index in [9.17, 15) is 5.26 Å². The average Bonchev–Trinajstić information content (AvgIpc) is 3.89. The van der Waals surface area contributed by atoms with Crippen LogP contribution < -0.4 is 5.10 Å². The van der Waals surface area contributed by atoms with E-state index >= 15 is 0 Å². The molecule has 0 amide bonds. The van der Waals surface area contributed by atoms with Crippen LogP contribution in [0.4, 0.5) is 11.4 Å². The van der Waals surface area contributed by atoms with Gasteiger partial charge in [-0.05, 0) is 58.8 Å². The van der Waals surface area contributed by atoms with Gasteiger partial charge in [0.2, 0.25) is 0 Å². The predicted molar refractivity (Wildman–Crippen MR) is 207 cm³/mol. The number of rotatable bonds is 4. The van der Waals surface area contributed by atoms with Gasteiger partial charge in [-0.3, -0.25) is 0 Å². The molecule has 5 aromatic heterocycles. The van der Waals surface area contributed by atoms with Gasteiger partial charge in [-0.15, -0.1) is 17.5 Å². The maximum Gasteiger partial charge on any atom is 2.00 e. The maximum absolute atomic E-state index is 9.88. The van der Waals surface area contributed by atoms with Crippen LogP contribution in [0.3, 0.4) is 0 Å². The molecule has 9 rings (SSSR count). The Morgan fingerprint density at radius 2 is 1.50 bits per heavy atom. The summed E-state index contributed by atoms with van der Waals surface area (Å²) in [5, 5.41) is 22.9. The number of fused-ring (bicyclic) bond motifs is 6. The molecule has 0 bridgehead atoms. The van der Waals surface area contributed by atoms with Crippen LogP contribution in [-0.2, 0) is 26.5 Å². The van der Waals surface area contributed by atoms with Crippen molar-refractivity contribution < 1.29 is 21.1 Å². The monoisotopic (exact) mass is 876 g/mol. The first-order valence-corrected chi connectivity index (χ1v) is 16.9. The number of hydrogen-bond acceptors (Lipinski definition) is 4. The topological polar surface area (TPSA) is 95.1 Å². The molecule has 10 heteroatoms.